The van der Waals surface area contributed by atoms with E-state index in [-0.39, 0.29) is 24.0 Å². The van der Waals surface area contributed by atoms with Gasteiger partial charge < -0.3 is 10.3 Å². The van der Waals surface area contributed by atoms with Crippen LogP contribution in [0.2, 0.25) is 0 Å². The van der Waals surface area contributed by atoms with Gasteiger partial charge in [-0.15, -0.1) is 5.10 Å². The minimum atomic E-state index is -4.93. The summed E-state index contributed by atoms with van der Waals surface area (Å²) >= 11 is 0. The number of nitrogens with two attached hydrogens (primary N) is 1. The van der Waals surface area contributed by atoms with Gasteiger partial charge in [-0.25, -0.2) is 0 Å². The molecule has 0 saturated heterocycles. The summed E-state index contributed by atoms with van der Waals surface area (Å²) in [6, 6.07) is 13.5. The number of nitrogens with one attached hydrogen (secondary N) is 1. The molecule has 0 saturated carbocycles. The van der Waals surface area contributed by atoms with Crippen LogP contribution >= 0.6 is 0 Å². The van der Waals surface area contributed by atoms with E-state index in [0.29, 0.717) is 22.0 Å². The number of alkyl halides is 6. The summed E-state index contributed by atoms with van der Waals surface area (Å²) in [5.74, 6) is -0.00331. The Bertz CT molecular complexity index is 1370. The number of fused-ring (bicyclic) bond motifs is 3. The molecule has 0 amide bonds. The van der Waals surface area contributed by atoms with Crippen LogP contribution in [0.5, 0.6) is 0 Å². The molecule has 0 bridgehead atoms. The quantitative estimate of drug-likeness (QED) is 0.117. The number of para-hydroxylation sites is 1. The molecular weight excluding hydrogens is 448 g/mol. The van der Waals surface area contributed by atoms with Crippen LogP contribution in [0, 0.1) is 5.53 Å². The van der Waals surface area contributed by atoms with Crippen LogP contribution < -0.4 is 5.73 Å². The molecule has 0 radical (unpaired) electrons. The van der Waals surface area contributed by atoms with Crippen molar-refractivity contribution in [2.75, 3.05) is 0 Å². The zero-order chi connectivity index (χ0) is 24.0. The Hall–Kier alpha value is -3.89. The Morgan fingerprint density at radius 3 is 2.03 bits per heavy atom. The standard InChI is InChI=1S/C22H15F6N5/c23-21(24,25)14-7-12(8-15(10-14)22(26,27)28)11-33-18-4-2-1-3-16(18)17-9-13(5-6-19(17)33)20(29)31-32-30/h1-10H,11H2,(H3,29,30,31). The van der Waals surface area contributed by atoms with Gasteiger partial charge in [0.2, 0.25) is 0 Å². The first-order valence-electron chi connectivity index (χ1n) is 9.48. The van der Waals surface area contributed by atoms with Gasteiger partial charge in [0.25, 0.3) is 0 Å². The SMILES string of the molecule is N=NN=C(N)c1ccc2c(c1)c1ccccc1n2Cc1cc(C(F)(F)F)cc(C(F)(F)F)c1. The van der Waals surface area contributed by atoms with Gasteiger partial charge in [-0.2, -0.15) is 31.9 Å². The summed E-state index contributed by atoms with van der Waals surface area (Å²) in [7, 11) is 0. The Kier molecular flexibility index (Phi) is 5.35. The minimum Gasteiger partial charge on any atom is -0.382 e. The lowest BCUT2D eigenvalue weighted by molar-refractivity contribution is -0.143. The second-order valence-electron chi connectivity index (χ2n) is 7.33. The van der Waals surface area contributed by atoms with Crippen LogP contribution in [0.1, 0.15) is 22.3 Å². The fraction of sp³-hybridized carbons (Fsp3) is 0.136. The van der Waals surface area contributed by atoms with E-state index in [0.717, 1.165) is 17.5 Å². The number of benzene rings is 3. The van der Waals surface area contributed by atoms with Crippen molar-refractivity contribution < 1.29 is 26.3 Å². The Labute approximate surface area is 182 Å². The molecular formula is C22H15F6N5. The van der Waals surface area contributed by atoms with E-state index < -0.39 is 23.5 Å². The van der Waals surface area contributed by atoms with Crippen LogP contribution in [0.25, 0.3) is 21.8 Å². The predicted molar refractivity (Wildman–Crippen MR) is 111 cm³/mol. The van der Waals surface area contributed by atoms with Gasteiger partial charge in [-0.1, -0.05) is 23.4 Å². The lowest BCUT2D eigenvalue weighted by Crippen LogP contribution is -2.13. The first-order chi connectivity index (χ1) is 15.5. The van der Waals surface area contributed by atoms with Crippen LogP contribution in [0.4, 0.5) is 26.3 Å². The highest BCUT2D eigenvalue weighted by Gasteiger charge is 2.37. The molecule has 3 aromatic carbocycles. The molecule has 0 spiro atoms. The molecule has 4 aromatic rings. The molecule has 0 unspecified atom stereocenters. The number of hydrogen-bond acceptors (Lipinski definition) is 2. The van der Waals surface area contributed by atoms with Crippen LogP contribution in [-0.2, 0) is 18.9 Å². The minimum absolute atomic E-state index is 0.00331. The third-order valence-corrected chi connectivity index (χ3v) is 5.21. The van der Waals surface area contributed by atoms with Crippen molar-refractivity contribution in [3.8, 4) is 0 Å². The molecule has 1 aromatic heterocycles. The summed E-state index contributed by atoms with van der Waals surface area (Å²) in [5, 5.41) is 7.79. The van der Waals surface area contributed by atoms with E-state index in [9.17, 15) is 26.3 Å². The zero-order valence-electron chi connectivity index (χ0n) is 16.7. The molecule has 4 rings (SSSR count). The average Bonchev–Trinajstić information content (AvgIpc) is 3.06. The number of halogens is 6. The summed E-state index contributed by atoms with van der Waals surface area (Å²) in [6.45, 7) is -0.220. The van der Waals surface area contributed by atoms with E-state index >= 15 is 0 Å². The van der Waals surface area contributed by atoms with Crippen molar-refractivity contribution >= 4 is 27.6 Å². The maximum Gasteiger partial charge on any atom is 0.416 e. The maximum atomic E-state index is 13.3. The Morgan fingerprint density at radius 1 is 0.818 bits per heavy atom. The Morgan fingerprint density at radius 2 is 1.42 bits per heavy atom. The van der Waals surface area contributed by atoms with Crippen LogP contribution in [0.3, 0.4) is 0 Å². The fourth-order valence-electron chi connectivity index (χ4n) is 3.79. The van der Waals surface area contributed by atoms with Crippen LogP contribution in [-0.4, -0.2) is 10.4 Å². The molecule has 0 aliphatic carbocycles. The van der Waals surface area contributed by atoms with Gasteiger partial charge in [0.1, 0.15) is 0 Å². The molecule has 33 heavy (non-hydrogen) atoms. The summed E-state index contributed by atoms with van der Waals surface area (Å²) in [5.41, 5.74) is 11.4. The first kappa shape index (κ1) is 22.3. The molecule has 11 heteroatoms. The van der Waals surface area contributed by atoms with E-state index in [1.54, 1.807) is 47.0 Å². The number of aromatic nitrogens is 1. The third-order valence-electron chi connectivity index (χ3n) is 5.21. The highest BCUT2D eigenvalue weighted by Crippen LogP contribution is 2.37. The highest BCUT2D eigenvalue weighted by molar-refractivity contribution is 6.11. The van der Waals surface area contributed by atoms with Crippen molar-refractivity contribution in [2.45, 2.75) is 18.9 Å². The predicted octanol–water partition coefficient (Wildman–Crippen LogP) is 6.53. The number of hydrogen-bond donors (Lipinski definition) is 2. The summed E-state index contributed by atoms with van der Waals surface area (Å²) in [4.78, 5) is 0. The molecule has 0 aliphatic rings. The van der Waals surface area contributed by atoms with E-state index in [1.807, 2.05) is 0 Å². The van der Waals surface area contributed by atoms with Gasteiger partial charge >= 0.3 is 12.4 Å². The second-order valence-corrected chi connectivity index (χ2v) is 7.33. The van der Waals surface area contributed by atoms with Gasteiger partial charge in [0.05, 0.1) is 11.1 Å². The number of amidine groups is 1. The lowest BCUT2D eigenvalue weighted by Gasteiger charge is -2.15. The first-order valence-corrected chi connectivity index (χ1v) is 9.48. The average molecular weight is 463 g/mol. The Balaban J connectivity index is 1.92. The molecule has 5 nitrogen and oxygen atoms in total. The zero-order valence-corrected chi connectivity index (χ0v) is 16.7. The van der Waals surface area contributed by atoms with E-state index in [4.69, 9.17) is 11.3 Å². The maximum absolute atomic E-state index is 13.3. The van der Waals surface area contributed by atoms with E-state index in [2.05, 4.69) is 10.3 Å². The monoisotopic (exact) mass is 463 g/mol. The second kappa shape index (κ2) is 7.91. The molecule has 170 valence electrons. The van der Waals surface area contributed by atoms with Crippen molar-refractivity contribution in [1.29, 1.82) is 5.53 Å². The van der Waals surface area contributed by atoms with Crippen LogP contribution in [0.15, 0.2) is 71.0 Å². The normalized spacial score (nSPS) is 13.1. The van der Waals surface area contributed by atoms with Crippen molar-refractivity contribution in [1.82, 2.24) is 4.57 Å². The smallest absolute Gasteiger partial charge is 0.382 e. The number of nitrogens with zero attached hydrogens (tertiary/aromatic N) is 3. The summed E-state index contributed by atoms with van der Waals surface area (Å²) < 4.78 is 81.4. The highest BCUT2D eigenvalue weighted by atomic mass is 19.4. The number of rotatable bonds is 4. The van der Waals surface area contributed by atoms with Crippen molar-refractivity contribution in [3.63, 3.8) is 0 Å². The largest absolute Gasteiger partial charge is 0.416 e. The fourth-order valence-corrected chi connectivity index (χ4v) is 3.79. The van der Waals surface area contributed by atoms with Crippen molar-refractivity contribution in [2.24, 2.45) is 16.1 Å². The topological polar surface area (TPSA) is 79.5 Å². The van der Waals surface area contributed by atoms with Gasteiger partial charge in [-0.3, -0.25) is 0 Å². The van der Waals surface area contributed by atoms with Crippen molar-refractivity contribution in [3.05, 3.63) is 82.9 Å². The third kappa shape index (κ3) is 4.26. The summed E-state index contributed by atoms with van der Waals surface area (Å²) in [6.07, 6.45) is -9.85. The lowest BCUT2D eigenvalue weighted by atomic mass is 10.0. The molecule has 3 N–H and O–H groups in total. The molecule has 0 aliphatic heterocycles. The molecule has 1 heterocycles. The van der Waals surface area contributed by atoms with E-state index in [1.165, 1.54) is 0 Å². The molecule has 0 atom stereocenters. The van der Waals surface area contributed by atoms with Gasteiger partial charge in [0.15, 0.2) is 5.84 Å². The van der Waals surface area contributed by atoms with Gasteiger partial charge in [0, 0.05) is 33.9 Å². The van der Waals surface area contributed by atoms with Gasteiger partial charge in [-0.05, 0) is 48.0 Å². The molecule has 0 fully saturated rings.